The number of hydrogen-bond donors (Lipinski definition) is 2. The molecule has 4 rings (SSSR count). The number of nitrogens with zero attached hydrogens (tertiary/aromatic N) is 3. The van der Waals surface area contributed by atoms with Crippen LogP contribution in [0.5, 0.6) is 11.5 Å². The van der Waals surface area contributed by atoms with Gasteiger partial charge in [-0.2, -0.15) is 5.26 Å². The van der Waals surface area contributed by atoms with Crippen molar-refractivity contribution in [2.45, 2.75) is 25.7 Å². The summed E-state index contributed by atoms with van der Waals surface area (Å²) < 4.78 is 4.98. The van der Waals surface area contributed by atoms with Gasteiger partial charge in [0.1, 0.15) is 10.9 Å². The van der Waals surface area contributed by atoms with Gasteiger partial charge in [-0.25, -0.2) is 4.98 Å². The summed E-state index contributed by atoms with van der Waals surface area (Å²) >= 11 is 1.47. The second-order valence-electron chi connectivity index (χ2n) is 6.82. The number of nitro groups is 1. The predicted octanol–water partition coefficient (Wildman–Crippen LogP) is 3.55. The van der Waals surface area contributed by atoms with E-state index in [4.69, 9.17) is 4.74 Å². The molecule has 2 N–H and O–H groups in total. The Morgan fingerprint density at radius 3 is 2.90 bits per heavy atom. The van der Waals surface area contributed by atoms with Gasteiger partial charge >= 0.3 is 5.69 Å². The van der Waals surface area contributed by atoms with Crippen molar-refractivity contribution in [2.75, 3.05) is 7.11 Å². The number of aromatic nitrogens is 2. The first-order chi connectivity index (χ1) is 14.4. The van der Waals surface area contributed by atoms with Crippen molar-refractivity contribution < 1.29 is 14.8 Å². The fraction of sp³-hybridized carbons (Fsp3) is 0.250. The van der Waals surface area contributed by atoms with Gasteiger partial charge in [0.25, 0.3) is 5.56 Å². The average Bonchev–Trinajstić information content (AvgIpc) is 3.11. The molecular weight excluding hydrogens is 408 g/mol. The summed E-state index contributed by atoms with van der Waals surface area (Å²) in [4.78, 5) is 32.1. The molecule has 152 valence electrons. The Morgan fingerprint density at radius 2 is 2.20 bits per heavy atom. The Kier molecular flexibility index (Phi) is 4.97. The Labute approximate surface area is 174 Å². The zero-order valence-corrected chi connectivity index (χ0v) is 16.7. The molecule has 0 saturated heterocycles. The zero-order chi connectivity index (χ0) is 21.4. The first kappa shape index (κ1) is 19.6. The second-order valence-corrected chi connectivity index (χ2v) is 7.91. The number of nitro benzene ring substituents is 1. The third-order valence-electron chi connectivity index (χ3n) is 5.01. The number of benzene rings is 1. The van der Waals surface area contributed by atoms with Gasteiger partial charge in [0, 0.05) is 10.9 Å². The maximum Gasteiger partial charge on any atom is 0.315 e. The number of aromatic amines is 1. The van der Waals surface area contributed by atoms with Crippen LogP contribution in [0.3, 0.4) is 0 Å². The molecule has 0 saturated carbocycles. The van der Waals surface area contributed by atoms with Crippen LogP contribution in [0.1, 0.15) is 34.7 Å². The van der Waals surface area contributed by atoms with Crippen molar-refractivity contribution in [3.05, 3.63) is 54.4 Å². The monoisotopic (exact) mass is 424 g/mol. The highest BCUT2D eigenvalue weighted by molar-refractivity contribution is 7.18. The first-order valence-corrected chi connectivity index (χ1v) is 9.96. The van der Waals surface area contributed by atoms with Gasteiger partial charge < -0.3 is 14.8 Å². The molecule has 1 aliphatic rings. The highest BCUT2D eigenvalue weighted by Gasteiger charge is 2.22. The van der Waals surface area contributed by atoms with Crippen LogP contribution in [0, 0.1) is 21.4 Å². The number of rotatable bonds is 4. The maximum atomic E-state index is 12.7. The van der Waals surface area contributed by atoms with Gasteiger partial charge in [-0.1, -0.05) is 0 Å². The van der Waals surface area contributed by atoms with E-state index in [-0.39, 0.29) is 28.3 Å². The molecule has 0 amide bonds. The first-order valence-electron chi connectivity index (χ1n) is 9.15. The summed E-state index contributed by atoms with van der Waals surface area (Å²) in [7, 11) is 1.27. The van der Waals surface area contributed by atoms with E-state index in [0.29, 0.717) is 10.2 Å². The molecule has 0 atom stereocenters. The molecule has 2 heterocycles. The van der Waals surface area contributed by atoms with Gasteiger partial charge in [-0.15, -0.1) is 11.3 Å². The highest BCUT2D eigenvalue weighted by atomic mass is 32.1. The minimum absolute atomic E-state index is 0.0300. The summed E-state index contributed by atoms with van der Waals surface area (Å²) in [5.74, 6) is -0.617. The number of ether oxygens (including phenoxy) is 1. The van der Waals surface area contributed by atoms with Crippen molar-refractivity contribution in [1.29, 1.82) is 5.26 Å². The number of nitriles is 1. The van der Waals surface area contributed by atoms with Gasteiger partial charge in [-0.05, 0) is 49.0 Å². The lowest BCUT2D eigenvalue weighted by Crippen LogP contribution is -2.12. The number of thiophene rings is 1. The number of H-pyrrole nitrogens is 1. The predicted molar refractivity (Wildman–Crippen MR) is 112 cm³/mol. The molecule has 0 bridgehead atoms. The number of phenols is 1. The van der Waals surface area contributed by atoms with Crippen LogP contribution in [0.15, 0.2) is 16.9 Å². The minimum Gasteiger partial charge on any atom is -0.500 e. The van der Waals surface area contributed by atoms with E-state index in [0.717, 1.165) is 42.2 Å². The van der Waals surface area contributed by atoms with E-state index in [1.807, 2.05) is 6.07 Å². The van der Waals surface area contributed by atoms with Gasteiger partial charge in [0.05, 0.1) is 23.0 Å². The van der Waals surface area contributed by atoms with Crippen LogP contribution in [0.25, 0.3) is 21.9 Å². The van der Waals surface area contributed by atoms with Crippen LogP contribution >= 0.6 is 11.3 Å². The van der Waals surface area contributed by atoms with Crippen LogP contribution in [-0.2, 0) is 12.8 Å². The Hall–Kier alpha value is -3.71. The standard InChI is InChI=1S/C20H16N4O5S/c1-29-14-8-10(7-13(17(14)25)24(27)28)6-11(9-21)18-22-19(26)16-12-4-2-3-5-15(12)30-20(16)23-18/h6-8,25H,2-5H2,1H3,(H,22,23,26)/b11-6-. The summed E-state index contributed by atoms with van der Waals surface area (Å²) in [5.41, 5.74) is 0.469. The molecular formula is C20H16N4O5S. The molecule has 2 aromatic heterocycles. The highest BCUT2D eigenvalue weighted by Crippen LogP contribution is 2.38. The number of aryl methyl sites for hydroxylation is 2. The Balaban J connectivity index is 1.85. The molecule has 1 aliphatic carbocycles. The Bertz CT molecular complexity index is 1320. The van der Waals surface area contributed by atoms with Gasteiger partial charge in [0.2, 0.25) is 5.75 Å². The number of methoxy groups -OCH3 is 1. The van der Waals surface area contributed by atoms with E-state index >= 15 is 0 Å². The van der Waals surface area contributed by atoms with E-state index < -0.39 is 16.4 Å². The molecule has 9 nitrogen and oxygen atoms in total. The molecule has 0 radical (unpaired) electrons. The summed E-state index contributed by atoms with van der Waals surface area (Å²) in [6, 6.07) is 4.46. The van der Waals surface area contributed by atoms with E-state index in [9.17, 15) is 25.3 Å². The topological polar surface area (TPSA) is 142 Å². The van der Waals surface area contributed by atoms with Gasteiger partial charge in [-0.3, -0.25) is 14.9 Å². The van der Waals surface area contributed by atoms with Crippen LogP contribution in [0.2, 0.25) is 0 Å². The van der Waals surface area contributed by atoms with Crippen LogP contribution in [0.4, 0.5) is 5.69 Å². The summed E-state index contributed by atoms with van der Waals surface area (Å²) in [5, 5.41) is 31.3. The lowest BCUT2D eigenvalue weighted by atomic mass is 9.97. The molecule has 0 fully saturated rings. The number of phenolic OH excluding ortho intramolecular Hbond substituents is 1. The van der Waals surface area contributed by atoms with Crippen molar-refractivity contribution in [3.8, 4) is 17.6 Å². The molecule has 0 aliphatic heterocycles. The largest absolute Gasteiger partial charge is 0.500 e. The van der Waals surface area contributed by atoms with Crippen LogP contribution < -0.4 is 10.3 Å². The quantitative estimate of drug-likeness (QED) is 0.370. The van der Waals surface area contributed by atoms with E-state index in [1.54, 1.807) is 0 Å². The third kappa shape index (κ3) is 3.29. The fourth-order valence-electron chi connectivity index (χ4n) is 3.60. The fourth-order valence-corrected chi connectivity index (χ4v) is 4.87. The summed E-state index contributed by atoms with van der Waals surface area (Å²) in [6.07, 6.45) is 5.23. The average molecular weight is 424 g/mol. The number of fused-ring (bicyclic) bond motifs is 3. The maximum absolute atomic E-state index is 12.7. The SMILES string of the molecule is COc1cc(/C=C(/C#N)c2nc3sc4c(c3c(=O)[nH]2)CCCC4)cc([N+](=O)[O-])c1O. The molecule has 30 heavy (non-hydrogen) atoms. The minimum atomic E-state index is -0.746. The smallest absolute Gasteiger partial charge is 0.315 e. The molecule has 0 unspecified atom stereocenters. The van der Waals surface area contributed by atoms with Crippen LogP contribution in [-0.4, -0.2) is 27.1 Å². The lowest BCUT2D eigenvalue weighted by molar-refractivity contribution is -0.386. The molecule has 10 heteroatoms. The van der Waals surface area contributed by atoms with Crippen molar-refractivity contribution in [1.82, 2.24) is 9.97 Å². The Morgan fingerprint density at radius 1 is 1.43 bits per heavy atom. The number of aromatic hydroxyl groups is 1. The number of hydrogen-bond acceptors (Lipinski definition) is 8. The number of nitrogens with one attached hydrogen (secondary N) is 1. The van der Waals surface area contributed by atoms with Gasteiger partial charge in [0.15, 0.2) is 11.6 Å². The van der Waals surface area contributed by atoms with E-state index in [1.165, 1.54) is 30.6 Å². The molecule has 0 spiro atoms. The third-order valence-corrected chi connectivity index (χ3v) is 6.19. The molecule has 3 aromatic rings. The van der Waals surface area contributed by atoms with Crippen molar-refractivity contribution in [2.24, 2.45) is 0 Å². The van der Waals surface area contributed by atoms with E-state index in [2.05, 4.69) is 9.97 Å². The van der Waals surface area contributed by atoms with Crippen molar-refractivity contribution in [3.63, 3.8) is 0 Å². The normalized spacial score (nSPS) is 13.7. The summed E-state index contributed by atoms with van der Waals surface area (Å²) in [6.45, 7) is 0. The molecule has 1 aromatic carbocycles. The number of allylic oxidation sites excluding steroid dienone is 1. The lowest BCUT2D eigenvalue weighted by Gasteiger charge is -2.09. The zero-order valence-electron chi connectivity index (χ0n) is 15.9. The van der Waals surface area contributed by atoms with Crippen molar-refractivity contribution >= 4 is 38.9 Å². The second kappa shape index (κ2) is 7.61.